The molecule has 2 heteroatoms. The monoisotopic (exact) mass is 308 g/mol. The standard InChI is InChI=1S/C17H9BrO/c18-11-6-8-12-10(9-11)5-7-15-16(12)13-3-1-2-4-14(13)17(15)19/h1-9H. The van der Waals surface area contributed by atoms with Gasteiger partial charge in [0.15, 0.2) is 5.78 Å². The largest absolute Gasteiger partial charge is 0.289 e. The van der Waals surface area contributed by atoms with Gasteiger partial charge in [0.05, 0.1) is 0 Å². The zero-order chi connectivity index (χ0) is 13.0. The van der Waals surface area contributed by atoms with Crippen molar-refractivity contribution in [2.24, 2.45) is 0 Å². The van der Waals surface area contributed by atoms with E-state index in [9.17, 15) is 4.79 Å². The van der Waals surface area contributed by atoms with Gasteiger partial charge in [-0.25, -0.2) is 0 Å². The van der Waals surface area contributed by atoms with Gasteiger partial charge in [0.2, 0.25) is 0 Å². The third-order valence-electron chi connectivity index (χ3n) is 3.67. The van der Waals surface area contributed by atoms with Crippen molar-refractivity contribution in [1.82, 2.24) is 0 Å². The molecule has 0 unspecified atom stereocenters. The first-order valence-corrected chi connectivity index (χ1v) is 6.91. The minimum Gasteiger partial charge on any atom is -0.289 e. The number of fused-ring (bicyclic) bond motifs is 5. The maximum atomic E-state index is 12.4. The Kier molecular flexibility index (Phi) is 2.18. The Morgan fingerprint density at radius 3 is 2.42 bits per heavy atom. The molecule has 0 N–H and O–H groups in total. The predicted molar refractivity (Wildman–Crippen MR) is 80.5 cm³/mol. The summed E-state index contributed by atoms with van der Waals surface area (Å²) in [4.78, 5) is 12.4. The van der Waals surface area contributed by atoms with Gasteiger partial charge in [-0.1, -0.05) is 52.3 Å². The summed E-state index contributed by atoms with van der Waals surface area (Å²) in [7, 11) is 0. The maximum Gasteiger partial charge on any atom is 0.194 e. The minimum absolute atomic E-state index is 0.135. The van der Waals surface area contributed by atoms with E-state index in [1.54, 1.807) is 0 Å². The topological polar surface area (TPSA) is 17.1 Å². The molecular weight excluding hydrogens is 300 g/mol. The summed E-state index contributed by atoms with van der Waals surface area (Å²) in [5.41, 5.74) is 3.75. The van der Waals surface area contributed by atoms with E-state index < -0.39 is 0 Å². The average molecular weight is 309 g/mol. The van der Waals surface area contributed by atoms with Crippen LogP contribution in [0.1, 0.15) is 15.9 Å². The smallest absolute Gasteiger partial charge is 0.194 e. The van der Waals surface area contributed by atoms with Crippen molar-refractivity contribution < 1.29 is 4.79 Å². The maximum absolute atomic E-state index is 12.4. The van der Waals surface area contributed by atoms with Crippen LogP contribution in [0, 0.1) is 0 Å². The molecule has 1 aliphatic carbocycles. The first-order valence-electron chi connectivity index (χ1n) is 6.12. The summed E-state index contributed by atoms with van der Waals surface area (Å²) >= 11 is 3.49. The van der Waals surface area contributed by atoms with Crippen LogP contribution in [-0.2, 0) is 0 Å². The van der Waals surface area contributed by atoms with Gasteiger partial charge in [0, 0.05) is 21.2 Å². The van der Waals surface area contributed by atoms with E-state index >= 15 is 0 Å². The fraction of sp³-hybridized carbons (Fsp3) is 0. The Bertz CT molecular complexity index is 849. The number of benzene rings is 3. The molecule has 0 bridgehead atoms. The number of halogens is 1. The number of hydrogen-bond donors (Lipinski definition) is 0. The molecular formula is C17H9BrO. The van der Waals surface area contributed by atoms with Crippen LogP contribution in [-0.4, -0.2) is 5.78 Å². The first kappa shape index (κ1) is 10.9. The fourth-order valence-electron chi connectivity index (χ4n) is 2.82. The summed E-state index contributed by atoms with van der Waals surface area (Å²) < 4.78 is 1.05. The molecule has 3 aromatic rings. The lowest BCUT2D eigenvalue weighted by molar-refractivity contribution is 0.104. The highest BCUT2D eigenvalue weighted by Crippen LogP contribution is 2.41. The number of ketones is 1. The van der Waals surface area contributed by atoms with Crippen LogP contribution in [0.15, 0.2) is 59.1 Å². The molecule has 0 amide bonds. The Morgan fingerprint density at radius 1 is 0.789 bits per heavy atom. The van der Waals surface area contributed by atoms with Gasteiger partial charge in [0.1, 0.15) is 0 Å². The van der Waals surface area contributed by atoms with Crippen molar-refractivity contribution >= 4 is 32.5 Å². The molecule has 1 aliphatic rings. The number of carbonyl (C=O) groups is 1. The lowest BCUT2D eigenvalue weighted by Crippen LogP contribution is -1.94. The second-order valence-corrected chi connectivity index (χ2v) is 5.64. The van der Waals surface area contributed by atoms with Crippen LogP contribution >= 0.6 is 15.9 Å². The molecule has 0 atom stereocenters. The van der Waals surface area contributed by atoms with Gasteiger partial charge in [-0.05, 0) is 34.5 Å². The van der Waals surface area contributed by atoms with E-state index in [1.807, 2.05) is 42.5 Å². The van der Waals surface area contributed by atoms with E-state index in [4.69, 9.17) is 0 Å². The van der Waals surface area contributed by atoms with Gasteiger partial charge < -0.3 is 0 Å². The van der Waals surface area contributed by atoms with E-state index in [0.717, 1.165) is 37.5 Å². The van der Waals surface area contributed by atoms with Gasteiger partial charge in [-0.15, -0.1) is 0 Å². The molecule has 0 fully saturated rings. The number of hydrogen-bond acceptors (Lipinski definition) is 1. The van der Waals surface area contributed by atoms with Gasteiger partial charge in [0.25, 0.3) is 0 Å². The van der Waals surface area contributed by atoms with Crippen molar-refractivity contribution in [1.29, 1.82) is 0 Å². The molecule has 0 radical (unpaired) electrons. The molecule has 19 heavy (non-hydrogen) atoms. The second-order valence-electron chi connectivity index (χ2n) is 4.73. The van der Waals surface area contributed by atoms with E-state index in [2.05, 4.69) is 28.1 Å². The zero-order valence-corrected chi connectivity index (χ0v) is 11.6. The minimum atomic E-state index is 0.135. The lowest BCUT2D eigenvalue weighted by atomic mass is 9.98. The van der Waals surface area contributed by atoms with Gasteiger partial charge >= 0.3 is 0 Å². The third-order valence-corrected chi connectivity index (χ3v) is 4.16. The number of carbonyl (C=O) groups excluding carboxylic acids is 1. The van der Waals surface area contributed by atoms with Crippen LogP contribution in [0.4, 0.5) is 0 Å². The Hall–Kier alpha value is -1.93. The van der Waals surface area contributed by atoms with E-state index in [0.29, 0.717) is 0 Å². The fourth-order valence-corrected chi connectivity index (χ4v) is 3.20. The molecule has 1 nitrogen and oxygen atoms in total. The molecule has 0 aliphatic heterocycles. The van der Waals surface area contributed by atoms with Crippen LogP contribution in [0.25, 0.3) is 21.9 Å². The average Bonchev–Trinajstić information content (AvgIpc) is 2.73. The molecule has 90 valence electrons. The normalized spacial score (nSPS) is 12.6. The Morgan fingerprint density at radius 2 is 1.58 bits per heavy atom. The molecule has 4 rings (SSSR count). The van der Waals surface area contributed by atoms with E-state index in [-0.39, 0.29) is 5.78 Å². The van der Waals surface area contributed by atoms with Gasteiger partial charge in [-0.3, -0.25) is 4.79 Å². The summed E-state index contributed by atoms with van der Waals surface area (Å²) in [6.07, 6.45) is 0. The number of rotatable bonds is 0. The lowest BCUT2D eigenvalue weighted by Gasteiger charge is -2.06. The van der Waals surface area contributed by atoms with Crippen molar-refractivity contribution in [2.45, 2.75) is 0 Å². The summed E-state index contributed by atoms with van der Waals surface area (Å²) in [5, 5.41) is 2.29. The summed E-state index contributed by atoms with van der Waals surface area (Å²) in [6.45, 7) is 0. The Labute approximate surface area is 119 Å². The third kappa shape index (κ3) is 1.44. The summed E-state index contributed by atoms with van der Waals surface area (Å²) in [6, 6.07) is 18.0. The van der Waals surface area contributed by atoms with E-state index in [1.165, 1.54) is 0 Å². The highest BCUT2D eigenvalue weighted by atomic mass is 79.9. The zero-order valence-electron chi connectivity index (χ0n) is 9.98. The van der Waals surface area contributed by atoms with Crippen molar-refractivity contribution in [3.8, 4) is 11.1 Å². The van der Waals surface area contributed by atoms with Crippen LogP contribution < -0.4 is 0 Å². The van der Waals surface area contributed by atoms with Gasteiger partial charge in [-0.2, -0.15) is 0 Å². The highest BCUT2D eigenvalue weighted by molar-refractivity contribution is 9.10. The first-order chi connectivity index (χ1) is 9.25. The molecule has 0 spiro atoms. The van der Waals surface area contributed by atoms with Crippen molar-refractivity contribution in [3.05, 3.63) is 70.2 Å². The van der Waals surface area contributed by atoms with Crippen molar-refractivity contribution in [2.75, 3.05) is 0 Å². The molecule has 0 heterocycles. The van der Waals surface area contributed by atoms with Crippen molar-refractivity contribution in [3.63, 3.8) is 0 Å². The van der Waals surface area contributed by atoms with Crippen LogP contribution in [0.3, 0.4) is 0 Å². The Balaban J connectivity index is 2.19. The molecule has 0 aromatic heterocycles. The molecule has 0 saturated heterocycles. The second kappa shape index (κ2) is 3.78. The quantitative estimate of drug-likeness (QED) is 0.455. The summed E-state index contributed by atoms with van der Waals surface area (Å²) in [5.74, 6) is 0.135. The molecule has 3 aromatic carbocycles. The predicted octanol–water partition coefficient (Wildman–Crippen LogP) is 4.81. The molecule has 0 saturated carbocycles. The highest BCUT2D eigenvalue weighted by Gasteiger charge is 2.27. The van der Waals surface area contributed by atoms with Crippen LogP contribution in [0.2, 0.25) is 0 Å². The SMILES string of the molecule is O=C1c2ccccc2-c2c1ccc1cc(Br)ccc21. The van der Waals surface area contributed by atoms with Crippen LogP contribution in [0.5, 0.6) is 0 Å².